The Kier molecular flexibility index (Phi) is 4.60. The van der Waals surface area contributed by atoms with Crippen molar-refractivity contribution in [2.75, 3.05) is 36.4 Å². The van der Waals surface area contributed by atoms with Crippen molar-refractivity contribution in [3.8, 4) is 0 Å². The maximum absolute atomic E-state index is 14.3. The molecule has 8 nitrogen and oxygen atoms in total. The Labute approximate surface area is 161 Å². The van der Waals surface area contributed by atoms with Gasteiger partial charge in [-0.3, -0.25) is 9.69 Å². The predicted molar refractivity (Wildman–Crippen MR) is 99.8 cm³/mol. The van der Waals surface area contributed by atoms with Crippen LogP contribution in [0.25, 0.3) is 0 Å². The SMILES string of the molecule is O=C(Nc1ccc(F)c(N2CCCNC2=O)c1)N1C[C@@H]2CCC[C@@]2(C(=O)O)C1. The number of aliphatic carboxylic acids is 1. The monoisotopic (exact) mass is 390 g/mol. The van der Waals surface area contributed by atoms with Gasteiger partial charge in [0.05, 0.1) is 11.1 Å². The van der Waals surface area contributed by atoms with E-state index in [1.165, 1.54) is 28.0 Å². The lowest BCUT2D eigenvalue weighted by molar-refractivity contribution is -0.149. The Morgan fingerprint density at radius 1 is 1.32 bits per heavy atom. The highest BCUT2D eigenvalue weighted by molar-refractivity contribution is 5.95. The van der Waals surface area contributed by atoms with E-state index in [-0.39, 0.29) is 24.2 Å². The Morgan fingerprint density at radius 3 is 2.86 bits per heavy atom. The Hall–Kier alpha value is -2.84. The molecule has 1 aromatic carbocycles. The number of carbonyl (C=O) groups excluding carboxylic acids is 2. The molecule has 0 aromatic heterocycles. The molecule has 150 valence electrons. The summed E-state index contributed by atoms with van der Waals surface area (Å²) in [6.07, 6.45) is 2.96. The number of halogens is 1. The highest BCUT2D eigenvalue weighted by Gasteiger charge is 2.55. The highest BCUT2D eigenvalue weighted by atomic mass is 19.1. The molecule has 1 aliphatic carbocycles. The average Bonchev–Trinajstić information content (AvgIpc) is 3.22. The van der Waals surface area contributed by atoms with Crippen LogP contribution in [0.2, 0.25) is 0 Å². The molecule has 0 radical (unpaired) electrons. The number of fused-ring (bicyclic) bond motifs is 1. The lowest BCUT2D eigenvalue weighted by Gasteiger charge is -2.28. The number of likely N-dealkylation sites (tertiary alicyclic amines) is 1. The molecule has 0 unspecified atom stereocenters. The molecule has 4 amide bonds. The summed E-state index contributed by atoms with van der Waals surface area (Å²) in [5.74, 6) is -1.42. The number of hydrogen-bond acceptors (Lipinski definition) is 3. The van der Waals surface area contributed by atoms with Gasteiger partial charge >= 0.3 is 18.0 Å². The number of anilines is 2. The summed E-state index contributed by atoms with van der Waals surface area (Å²) in [5, 5.41) is 15.0. The van der Waals surface area contributed by atoms with E-state index in [1.54, 1.807) is 0 Å². The first-order chi connectivity index (χ1) is 13.4. The average molecular weight is 390 g/mol. The molecule has 28 heavy (non-hydrogen) atoms. The summed E-state index contributed by atoms with van der Waals surface area (Å²) in [6.45, 7) is 1.53. The molecule has 2 heterocycles. The molecule has 3 fully saturated rings. The normalized spacial score (nSPS) is 26.8. The van der Waals surface area contributed by atoms with Crippen molar-refractivity contribution < 1.29 is 23.9 Å². The van der Waals surface area contributed by atoms with Crippen LogP contribution in [0.4, 0.5) is 25.4 Å². The summed E-state index contributed by atoms with van der Waals surface area (Å²) in [7, 11) is 0. The van der Waals surface area contributed by atoms with Gasteiger partial charge in [-0.1, -0.05) is 6.42 Å². The maximum Gasteiger partial charge on any atom is 0.321 e. The molecule has 3 aliphatic rings. The van der Waals surface area contributed by atoms with Crippen molar-refractivity contribution in [3.05, 3.63) is 24.0 Å². The molecule has 0 spiro atoms. The number of nitrogens with zero attached hydrogens (tertiary/aromatic N) is 2. The van der Waals surface area contributed by atoms with Crippen LogP contribution < -0.4 is 15.5 Å². The lowest BCUT2D eigenvalue weighted by atomic mass is 9.81. The van der Waals surface area contributed by atoms with Gasteiger partial charge in [-0.05, 0) is 43.4 Å². The summed E-state index contributed by atoms with van der Waals surface area (Å²) in [4.78, 5) is 39.3. The first kappa shape index (κ1) is 18.5. The van der Waals surface area contributed by atoms with E-state index in [4.69, 9.17) is 0 Å². The minimum Gasteiger partial charge on any atom is -0.481 e. The molecule has 3 N–H and O–H groups in total. The topological polar surface area (TPSA) is 102 Å². The minimum atomic E-state index is -0.850. The van der Waals surface area contributed by atoms with Gasteiger partial charge in [0.25, 0.3) is 0 Å². The van der Waals surface area contributed by atoms with Gasteiger partial charge in [0, 0.05) is 31.9 Å². The zero-order valence-electron chi connectivity index (χ0n) is 15.4. The van der Waals surface area contributed by atoms with E-state index in [9.17, 15) is 23.9 Å². The highest BCUT2D eigenvalue weighted by Crippen LogP contribution is 2.49. The number of rotatable bonds is 3. The molecular formula is C19H23FN4O4. The summed E-state index contributed by atoms with van der Waals surface area (Å²) < 4.78 is 14.3. The third-order valence-electron chi connectivity index (χ3n) is 6.15. The Balaban J connectivity index is 1.49. The number of urea groups is 2. The van der Waals surface area contributed by atoms with E-state index < -0.39 is 23.2 Å². The Bertz CT molecular complexity index is 832. The van der Waals surface area contributed by atoms with Crippen molar-refractivity contribution in [1.82, 2.24) is 10.2 Å². The molecule has 2 atom stereocenters. The van der Waals surface area contributed by atoms with E-state index in [1.807, 2.05) is 0 Å². The van der Waals surface area contributed by atoms with Crippen molar-refractivity contribution in [2.45, 2.75) is 25.7 Å². The molecule has 2 aliphatic heterocycles. The van der Waals surface area contributed by atoms with Crippen LogP contribution in [0.1, 0.15) is 25.7 Å². The van der Waals surface area contributed by atoms with E-state index >= 15 is 0 Å². The van der Waals surface area contributed by atoms with Gasteiger partial charge in [-0.25, -0.2) is 14.0 Å². The fraction of sp³-hybridized carbons (Fsp3) is 0.526. The van der Waals surface area contributed by atoms with Crippen LogP contribution >= 0.6 is 0 Å². The fourth-order valence-corrected chi connectivity index (χ4v) is 4.65. The number of hydrogen-bond donors (Lipinski definition) is 3. The molecule has 1 aromatic rings. The third kappa shape index (κ3) is 3.04. The number of amides is 4. The zero-order chi connectivity index (χ0) is 19.9. The van der Waals surface area contributed by atoms with Gasteiger partial charge < -0.3 is 20.6 Å². The second-order valence-corrected chi connectivity index (χ2v) is 7.76. The quantitative estimate of drug-likeness (QED) is 0.738. The van der Waals surface area contributed by atoms with Crippen molar-refractivity contribution in [3.63, 3.8) is 0 Å². The van der Waals surface area contributed by atoms with E-state index in [2.05, 4.69) is 10.6 Å². The third-order valence-corrected chi connectivity index (χ3v) is 6.15. The van der Waals surface area contributed by atoms with Crippen LogP contribution in [0.5, 0.6) is 0 Å². The van der Waals surface area contributed by atoms with Crippen molar-refractivity contribution in [2.24, 2.45) is 11.3 Å². The predicted octanol–water partition coefficient (Wildman–Crippen LogP) is 2.46. The van der Waals surface area contributed by atoms with Gasteiger partial charge in [0.2, 0.25) is 0 Å². The van der Waals surface area contributed by atoms with Crippen LogP contribution in [-0.2, 0) is 4.79 Å². The van der Waals surface area contributed by atoms with Crippen LogP contribution in [0, 0.1) is 17.2 Å². The number of benzene rings is 1. The lowest BCUT2D eigenvalue weighted by Crippen LogP contribution is -2.46. The van der Waals surface area contributed by atoms with Crippen molar-refractivity contribution in [1.29, 1.82) is 0 Å². The molecule has 0 bridgehead atoms. The number of carboxylic acids is 1. The van der Waals surface area contributed by atoms with Crippen LogP contribution in [0.15, 0.2) is 18.2 Å². The maximum atomic E-state index is 14.3. The molecular weight excluding hydrogens is 367 g/mol. The Morgan fingerprint density at radius 2 is 2.14 bits per heavy atom. The standard InChI is InChI=1S/C19H23FN4O4/c20-14-5-4-13(9-15(14)24-8-2-7-21-17(24)27)22-18(28)23-10-12-3-1-6-19(12,11-23)16(25)26/h4-5,9,12H,1-3,6-8,10-11H2,(H,21,27)(H,22,28)(H,25,26)/t12-,19+/m0/s1. The van der Waals surface area contributed by atoms with Gasteiger partial charge in [0.1, 0.15) is 5.82 Å². The smallest absolute Gasteiger partial charge is 0.321 e. The van der Waals surface area contributed by atoms with E-state index in [0.29, 0.717) is 38.2 Å². The summed E-state index contributed by atoms with van der Waals surface area (Å²) in [5.41, 5.74) is -0.381. The van der Waals surface area contributed by atoms with E-state index in [0.717, 1.165) is 12.8 Å². The first-order valence-corrected chi connectivity index (χ1v) is 9.55. The number of carbonyl (C=O) groups is 3. The van der Waals surface area contributed by atoms with Gasteiger partial charge in [-0.2, -0.15) is 0 Å². The minimum absolute atomic E-state index is 0.0309. The fourth-order valence-electron chi connectivity index (χ4n) is 4.65. The van der Waals surface area contributed by atoms with Crippen LogP contribution in [-0.4, -0.2) is 54.2 Å². The number of nitrogens with one attached hydrogen (secondary N) is 2. The molecule has 1 saturated carbocycles. The zero-order valence-corrected chi connectivity index (χ0v) is 15.4. The molecule has 4 rings (SSSR count). The summed E-state index contributed by atoms with van der Waals surface area (Å²) in [6, 6.07) is 3.30. The second kappa shape index (κ2) is 6.96. The summed E-state index contributed by atoms with van der Waals surface area (Å²) >= 11 is 0. The molecule has 9 heteroatoms. The molecule has 2 saturated heterocycles. The second-order valence-electron chi connectivity index (χ2n) is 7.76. The number of carboxylic acid groups (broad SMARTS) is 1. The van der Waals surface area contributed by atoms with Gasteiger partial charge in [0.15, 0.2) is 0 Å². The largest absolute Gasteiger partial charge is 0.481 e. The first-order valence-electron chi connectivity index (χ1n) is 9.55. The van der Waals surface area contributed by atoms with Crippen LogP contribution in [0.3, 0.4) is 0 Å². The van der Waals surface area contributed by atoms with Gasteiger partial charge in [-0.15, -0.1) is 0 Å². The van der Waals surface area contributed by atoms with Crippen molar-refractivity contribution >= 4 is 29.4 Å².